The summed E-state index contributed by atoms with van der Waals surface area (Å²) in [6.07, 6.45) is 10.4. The fourth-order valence-electron chi connectivity index (χ4n) is 6.20. The topological polar surface area (TPSA) is 104 Å². The quantitative estimate of drug-likeness (QED) is 0.219. The van der Waals surface area contributed by atoms with Gasteiger partial charge in [-0.15, -0.1) is 0 Å². The van der Waals surface area contributed by atoms with E-state index >= 15 is 0 Å². The lowest BCUT2D eigenvalue weighted by atomic mass is 9.96. The van der Waals surface area contributed by atoms with E-state index in [-0.39, 0.29) is 23.7 Å². The Morgan fingerprint density at radius 2 is 1.74 bits per heavy atom. The van der Waals surface area contributed by atoms with Crippen molar-refractivity contribution in [2.45, 2.75) is 52.7 Å². The number of anilines is 2. The molecule has 0 saturated carbocycles. The molecular weight excluding hydrogens is 604 g/mol. The van der Waals surface area contributed by atoms with Crippen molar-refractivity contribution in [1.29, 1.82) is 0 Å². The Balaban J connectivity index is 1.08. The van der Waals surface area contributed by atoms with E-state index in [0.29, 0.717) is 49.1 Å². The predicted octanol–water partition coefficient (Wildman–Crippen LogP) is 6.65. The molecule has 0 spiro atoms. The number of hydrogen-bond donors (Lipinski definition) is 2. The highest BCUT2D eigenvalue weighted by Crippen LogP contribution is 2.28. The molecule has 1 fully saturated rings. The molecule has 47 heavy (non-hydrogen) atoms. The second-order valence-electron chi connectivity index (χ2n) is 12.3. The van der Waals surface area contributed by atoms with Crippen LogP contribution in [-0.4, -0.2) is 74.9 Å². The number of ether oxygens (including phenoxy) is 1. The number of amides is 3. The molecule has 0 unspecified atom stereocenters. The number of benzene rings is 2. The summed E-state index contributed by atoms with van der Waals surface area (Å²) in [6.45, 7) is 5.28. The summed E-state index contributed by atoms with van der Waals surface area (Å²) < 4.78 is 31.4. The van der Waals surface area contributed by atoms with E-state index < -0.39 is 6.61 Å². The van der Waals surface area contributed by atoms with Crippen molar-refractivity contribution in [3.8, 4) is 17.0 Å². The third-order valence-corrected chi connectivity index (χ3v) is 9.09. The monoisotopic (exact) mass is 643 g/mol. The van der Waals surface area contributed by atoms with Gasteiger partial charge in [-0.2, -0.15) is 8.78 Å². The molecule has 0 radical (unpaired) electrons. The number of alkyl halides is 2. The van der Waals surface area contributed by atoms with Crippen molar-refractivity contribution in [1.82, 2.24) is 29.5 Å². The van der Waals surface area contributed by atoms with Gasteiger partial charge < -0.3 is 25.2 Å². The largest absolute Gasteiger partial charge is 0.435 e. The van der Waals surface area contributed by atoms with Crippen LogP contribution in [0.5, 0.6) is 5.75 Å². The molecule has 2 aliphatic rings. The van der Waals surface area contributed by atoms with E-state index in [4.69, 9.17) is 0 Å². The molecule has 246 valence electrons. The van der Waals surface area contributed by atoms with E-state index in [1.807, 2.05) is 34.4 Å². The maximum Gasteiger partial charge on any atom is 0.387 e. The van der Waals surface area contributed by atoms with Gasteiger partial charge in [-0.25, -0.2) is 14.8 Å². The number of urea groups is 1. The van der Waals surface area contributed by atoms with Crippen LogP contribution in [0.2, 0.25) is 0 Å². The van der Waals surface area contributed by atoms with Crippen molar-refractivity contribution in [2.75, 3.05) is 31.5 Å². The normalized spacial score (nSPS) is 18.6. The second kappa shape index (κ2) is 13.8. The van der Waals surface area contributed by atoms with Gasteiger partial charge in [0.05, 0.1) is 11.9 Å². The van der Waals surface area contributed by atoms with Gasteiger partial charge in [-0.3, -0.25) is 9.20 Å². The second-order valence-corrected chi connectivity index (χ2v) is 12.3. The Labute approximate surface area is 272 Å². The molecule has 1 aliphatic heterocycles. The average molecular weight is 644 g/mol. The van der Waals surface area contributed by atoms with Gasteiger partial charge in [0, 0.05) is 61.4 Å². The zero-order valence-corrected chi connectivity index (χ0v) is 26.7. The van der Waals surface area contributed by atoms with Crippen LogP contribution >= 0.6 is 0 Å². The highest BCUT2D eigenvalue weighted by Gasteiger charge is 2.28. The van der Waals surface area contributed by atoms with E-state index in [2.05, 4.69) is 45.3 Å². The first kappa shape index (κ1) is 32.0. The molecule has 2 N–H and O–H groups in total. The van der Waals surface area contributed by atoms with E-state index in [1.165, 1.54) is 17.7 Å². The number of hydrogen-bond acceptors (Lipinski definition) is 6. The molecule has 12 heteroatoms. The van der Waals surface area contributed by atoms with E-state index in [0.717, 1.165) is 41.8 Å². The minimum absolute atomic E-state index is 0.0564. The van der Waals surface area contributed by atoms with Crippen molar-refractivity contribution in [3.63, 3.8) is 0 Å². The summed E-state index contributed by atoms with van der Waals surface area (Å²) in [5.41, 5.74) is 5.67. The first-order valence-corrected chi connectivity index (χ1v) is 15.9. The first-order chi connectivity index (χ1) is 22.7. The van der Waals surface area contributed by atoms with Crippen LogP contribution in [0.3, 0.4) is 0 Å². The number of rotatable bonds is 7. The van der Waals surface area contributed by atoms with Crippen molar-refractivity contribution < 1.29 is 23.1 Å². The zero-order valence-electron chi connectivity index (χ0n) is 26.7. The Bertz CT molecular complexity index is 1780. The Morgan fingerprint density at radius 1 is 1.00 bits per heavy atom. The van der Waals surface area contributed by atoms with Crippen LogP contribution in [0.15, 0.2) is 72.7 Å². The highest BCUT2D eigenvalue weighted by atomic mass is 19.3. The minimum Gasteiger partial charge on any atom is -0.435 e. The van der Waals surface area contributed by atoms with Gasteiger partial charge in [0.1, 0.15) is 5.75 Å². The number of nitrogens with one attached hydrogen (secondary N) is 2. The first-order valence-electron chi connectivity index (χ1n) is 15.9. The van der Waals surface area contributed by atoms with Crippen LogP contribution in [0.1, 0.15) is 49.0 Å². The molecule has 4 aromatic rings. The summed E-state index contributed by atoms with van der Waals surface area (Å²) in [6, 6.07) is 12.0. The number of allylic oxidation sites excluding steroid dienone is 1. The van der Waals surface area contributed by atoms with Crippen LogP contribution in [0.25, 0.3) is 16.9 Å². The van der Waals surface area contributed by atoms with Crippen molar-refractivity contribution in [2.24, 2.45) is 5.92 Å². The van der Waals surface area contributed by atoms with Gasteiger partial charge in [0.25, 0.3) is 5.91 Å². The van der Waals surface area contributed by atoms with E-state index in [9.17, 15) is 18.4 Å². The molecule has 2 atom stereocenters. The number of aryl methyl sites for hydroxylation is 1. The Hall–Kier alpha value is -5.00. The molecule has 1 saturated heterocycles. The zero-order chi connectivity index (χ0) is 33.1. The predicted molar refractivity (Wildman–Crippen MR) is 176 cm³/mol. The molecular formula is C35H39F2N7O3. The van der Waals surface area contributed by atoms with Crippen LogP contribution in [-0.2, 0) is 0 Å². The van der Waals surface area contributed by atoms with Gasteiger partial charge >= 0.3 is 12.6 Å². The van der Waals surface area contributed by atoms with Gasteiger partial charge in [-0.1, -0.05) is 18.6 Å². The van der Waals surface area contributed by atoms with Crippen molar-refractivity contribution >= 4 is 29.1 Å². The SMILES string of the molecule is CC1=CC[C@@H](NC(=O)N2CCN(C(=O)c3ccc(Nc4nccn5c(-c6ccc(OC(F)F)cc6)cnc45)cc3C)CC2)[C@H](C)CC1. The summed E-state index contributed by atoms with van der Waals surface area (Å²) in [5.74, 6) is 0.958. The number of carbonyl (C=O) groups is 2. The number of imidazole rings is 1. The summed E-state index contributed by atoms with van der Waals surface area (Å²) in [5, 5.41) is 6.54. The molecule has 10 nitrogen and oxygen atoms in total. The number of nitrogens with zero attached hydrogens (tertiary/aromatic N) is 5. The summed E-state index contributed by atoms with van der Waals surface area (Å²) in [7, 11) is 0. The van der Waals surface area contributed by atoms with Crippen LogP contribution in [0, 0.1) is 12.8 Å². The molecule has 2 aromatic carbocycles. The number of halogens is 2. The fourth-order valence-corrected chi connectivity index (χ4v) is 6.20. The minimum atomic E-state index is -2.88. The number of aromatic nitrogens is 3. The Morgan fingerprint density at radius 3 is 2.47 bits per heavy atom. The summed E-state index contributed by atoms with van der Waals surface area (Å²) in [4.78, 5) is 39.2. The third-order valence-electron chi connectivity index (χ3n) is 9.09. The number of carbonyl (C=O) groups excluding carboxylic acids is 2. The molecule has 3 heterocycles. The molecule has 2 aromatic heterocycles. The van der Waals surface area contributed by atoms with Gasteiger partial charge in [0.15, 0.2) is 11.5 Å². The standard InChI is InChI=1S/C35H39F2N7O3/c1-22-4-6-23(2)29(13-5-22)41-35(46)43-18-16-42(17-19-43)33(45)28-12-9-26(20-24(28)3)40-31-32-39-21-30(44(32)15-14-38-31)25-7-10-27(11-8-25)47-34(36)37/h5,7-12,14-15,20-21,23,29,34H,4,6,13,16-19H2,1-3H3,(H,38,40)(H,41,46)/t23-,29-/m1/s1. The van der Waals surface area contributed by atoms with Crippen LogP contribution in [0.4, 0.5) is 25.1 Å². The third kappa shape index (κ3) is 7.21. The lowest BCUT2D eigenvalue weighted by molar-refractivity contribution is -0.0498. The van der Waals surface area contributed by atoms with Gasteiger partial charge in [0.2, 0.25) is 0 Å². The van der Waals surface area contributed by atoms with Crippen molar-refractivity contribution in [3.05, 3.63) is 83.8 Å². The highest BCUT2D eigenvalue weighted by molar-refractivity contribution is 5.96. The Kier molecular flexibility index (Phi) is 9.37. The maximum absolute atomic E-state index is 13.5. The number of fused-ring (bicyclic) bond motifs is 1. The molecule has 0 bridgehead atoms. The van der Waals surface area contributed by atoms with E-state index in [1.54, 1.807) is 35.6 Å². The lowest BCUT2D eigenvalue weighted by Crippen LogP contribution is -2.55. The smallest absolute Gasteiger partial charge is 0.387 e. The number of piperazine rings is 1. The maximum atomic E-state index is 13.5. The summed E-state index contributed by atoms with van der Waals surface area (Å²) >= 11 is 0. The van der Waals surface area contributed by atoms with Gasteiger partial charge in [-0.05, 0) is 87.1 Å². The molecule has 3 amide bonds. The average Bonchev–Trinajstić information content (AvgIpc) is 3.44. The molecule has 1 aliphatic carbocycles. The lowest BCUT2D eigenvalue weighted by Gasteiger charge is -2.36. The molecule has 6 rings (SSSR count). The van der Waals surface area contributed by atoms with Crippen LogP contribution < -0.4 is 15.4 Å². The fraction of sp³-hybridized carbons (Fsp3) is 0.371.